The van der Waals surface area contributed by atoms with E-state index >= 15 is 0 Å². The Bertz CT molecular complexity index is 840. The van der Waals surface area contributed by atoms with Crippen molar-refractivity contribution in [3.63, 3.8) is 0 Å². The fourth-order valence-electron chi connectivity index (χ4n) is 2.57. The molecular formula is C21H21NO2. The van der Waals surface area contributed by atoms with E-state index in [0.717, 1.165) is 22.9 Å². The SMILES string of the molecule is CCc1ccc(OC(C)C(=O)Nc2ccc3ccccc3c2)cc1. The molecule has 1 atom stereocenters. The molecule has 122 valence electrons. The summed E-state index contributed by atoms with van der Waals surface area (Å²) in [5.74, 6) is 0.540. The number of hydrogen-bond acceptors (Lipinski definition) is 2. The van der Waals surface area contributed by atoms with Crippen LogP contribution >= 0.6 is 0 Å². The number of carbonyl (C=O) groups is 1. The van der Waals surface area contributed by atoms with Gasteiger partial charge in [0.2, 0.25) is 0 Å². The number of aryl methyl sites for hydroxylation is 1. The number of benzene rings is 3. The number of rotatable bonds is 5. The third kappa shape index (κ3) is 3.74. The maximum Gasteiger partial charge on any atom is 0.265 e. The first kappa shape index (κ1) is 16.1. The highest BCUT2D eigenvalue weighted by Crippen LogP contribution is 2.20. The van der Waals surface area contributed by atoms with E-state index in [1.165, 1.54) is 5.56 Å². The van der Waals surface area contributed by atoms with Crippen molar-refractivity contribution in [1.29, 1.82) is 0 Å². The predicted molar refractivity (Wildman–Crippen MR) is 98.5 cm³/mol. The van der Waals surface area contributed by atoms with Gasteiger partial charge in [-0.25, -0.2) is 0 Å². The second kappa shape index (κ2) is 7.18. The molecule has 0 fully saturated rings. The molecule has 0 saturated carbocycles. The van der Waals surface area contributed by atoms with Crippen LogP contribution in [0, 0.1) is 0 Å². The van der Waals surface area contributed by atoms with Crippen LogP contribution in [0.25, 0.3) is 10.8 Å². The average molecular weight is 319 g/mol. The van der Waals surface area contributed by atoms with Gasteiger partial charge in [-0.1, -0.05) is 49.4 Å². The van der Waals surface area contributed by atoms with E-state index in [4.69, 9.17) is 4.74 Å². The lowest BCUT2D eigenvalue weighted by Crippen LogP contribution is -2.30. The number of carbonyl (C=O) groups excluding carboxylic acids is 1. The molecule has 0 aliphatic rings. The molecule has 3 aromatic carbocycles. The molecule has 3 rings (SSSR count). The fourth-order valence-corrected chi connectivity index (χ4v) is 2.57. The molecule has 0 spiro atoms. The minimum absolute atomic E-state index is 0.162. The van der Waals surface area contributed by atoms with Crippen molar-refractivity contribution in [2.75, 3.05) is 5.32 Å². The summed E-state index contributed by atoms with van der Waals surface area (Å²) in [6.45, 7) is 3.86. The van der Waals surface area contributed by atoms with Crippen LogP contribution in [-0.4, -0.2) is 12.0 Å². The summed E-state index contributed by atoms with van der Waals surface area (Å²) >= 11 is 0. The highest BCUT2D eigenvalue weighted by atomic mass is 16.5. The first-order valence-electron chi connectivity index (χ1n) is 8.21. The highest BCUT2D eigenvalue weighted by Gasteiger charge is 2.15. The number of ether oxygens (including phenoxy) is 1. The molecule has 3 heteroatoms. The molecule has 0 aliphatic heterocycles. The van der Waals surface area contributed by atoms with Crippen LogP contribution in [0.2, 0.25) is 0 Å². The molecule has 3 aromatic rings. The molecule has 1 amide bonds. The van der Waals surface area contributed by atoms with E-state index in [9.17, 15) is 4.79 Å². The number of anilines is 1. The van der Waals surface area contributed by atoms with Gasteiger partial charge in [0.05, 0.1) is 0 Å². The largest absolute Gasteiger partial charge is 0.481 e. The Morgan fingerprint density at radius 1 is 1.00 bits per heavy atom. The van der Waals surface area contributed by atoms with Gasteiger partial charge >= 0.3 is 0 Å². The molecule has 0 saturated heterocycles. The molecule has 3 nitrogen and oxygen atoms in total. The van der Waals surface area contributed by atoms with Crippen LogP contribution in [0.4, 0.5) is 5.69 Å². The Labute approximate surface area is 142 Å². The van der Waals surface area contributed by atoms with Gasteiger partial charge in [0, 0.05) is 5.69 Å². The van der Waals surface area contributed by atoms with Crippen molar-refractivity contribution < 1.29 is 9.53 Å². The van der Waals surface area contributed by atoms with E-state index in [0.29, 0.717) is 5.75 Å². The Morgan fingerprint density at radius 3 is 2.42 bits per heavy atom. The van der Waals surface area contributed by atoms with E-state index in [-0.39, 0.29) is 5.91 Å². The van der Waals surface area contributed by atoms with E-state index < -0.39 is 6.10 Å². The smallest absolute Gasteiger partial charge is 0.265 e. The lowest BCUT2D eigenvalue weighted by atomic mass is 10.1. The van der Waals surface area contributed by atoms with Gasteiger partial charge < -0.3 is 10.1 Å². The maximum absolute atomic E-state index is 12.3. The lowest BCUT2D eigenvalue weighted by molar-refractivity contribution is -0.122. The fraction of sp³-hybridized carbons (Fsp3) is 0.190. The molecule has 24 heavy (non-hydrogen) atoms. The maximum atomic E-state index is 12.3. The summed E-state index contributed by atoms with van der Waals surface area (Å²) in [5.41, 5.74) is 2.02. The van der Waals surface area contributed by atoms with Crippen molar-refractivity contribution in [1.82, 2.24) is 0 Å². The molecule has 0 aromatic heterocycles. The van der Waals surface area contributed by atoms with Crippen molar-refractivity contribution in [3.05, 3.63) is 72.3 Å². The summed E-state index contributed by atoms with van der Waals surface area (Å²) in [6, 6.07) is 21.8. The van der Waals surface area contributed by atoms with Gasteiger partial charge in [-0.05, 0) is 53.9 Å². The van der Waals surface area contributed by atoms with Crippen LogP contribution < -0.4 is 10.1 Å². The Balaban J connectivity index is 1.66. The quantitative estimate of drug-likeness (QED) is 0.733. The number of hydrogen-bond donors (Lipinski definition) is 1. The second-order valence-electron chi connectivity index (χ2n) is 5.81. The topological polar surface area (TPSA) is 38.3 Å². The highest BCUT2D eigenvalue weighted by molar-refractivity contribution is 5.96. The molecule has 0 radical (unpaired) electrons. The molecule has 0 aliphatic carbocycles. The first-order valence-corrected chi connectivity index (χ1v) is 8.21. The van der Waals surface area contributed by atoms with Crippen LogP contribution in [0.15, 0.2) is 66.7 Å². The van der Waals surface area contributed by atoms with E-state index in [1.807, 2.05) is 66.7 Å². The zero-order chi connectivity index (χ0) is 16.9. The zero-order valence-electron chi connectivity index (χ0n) is 14.0. The Morgan fingerprint density at radius 2 is 1.71 bits per heavy atom. The minimum atomic E-state index is -0.566. The summed E-state index contributed by atoms with van der Waals surface area (Å²) < 4.78 is 5.72. The third-order valence-corrected chi connectivity index (χ3v) is 4.03. The normalized spacial score (nSPS) is 11.9. The summed E-state index contributed by atoms with van der Waals surface area (Å²) in [4.78, 5) is 12.3. The minimum Gasteiger partial charge on any atom is -0.481 e. The Hall–Kier alpha value is -2.81. The molecule has 1 unspecified atom stereocenters. The van der Waals surface area contributed by atoms with Crippen molar-refractivity contribution in [2.24, 2.45) is 0 Å². The van der Waals surface area contributed by atoms with Gasteiger partial charge in [-0.3, -0.25) is 4.79 Å². The summed E-state index contributed by atoms with van der Waals surface area (Å²) in [5, 5.41) is 5.16. The predicted octanol–water partition coefficient (Wildman–Crippen LogP) is 4.81. The third-order valence-electron chi connectivity index (χ3n) is 4.03. The van der Waals surface area contributed by atoms with Crippen LogP contribution in [0.5, 0.6) is 5.75 Å². The summed E-state index contributed by atoms with van der Waals surface area (Å²) in [7, 11) is 0. The van der Waals surface area contributed by atoms with E-state index in [2.05, 4.69) is 12.2 Å². The molecule has 0 bridgehead atoms. The van der Waals surface area contributed by atoms with E-state index in [1.54, 1.807) is 6.92 Å². The lowest BCUT2D eigenvalue weighted by Gasteiger charge is -2.15. The van der Waals surface area contributed by atoms with Crippen molar-refractivity contribution >= 4 is 22.4 Å². The second-order valence-corrected chi connectivity index (χ2v) is 5.81. The number of fused-ring (bicyclic) bond motifs is 1. The van der Waals surface area contributed by atoms with Gasteiger partial charge in [-0.2, -0.15) is 0 Å². The van der Waals surface area contributed by atoms with Crippen molar-refractivity contribution in [3.8, 4) is 5.75 Å². The monoisotopic (exact) mass is 319 g/mol. The van der Waals surface area contributed by atoms with Crippen LogP contribution in [0.3, 0.4) is 0 Å². The average Bonchev–Trinajstić information content (AvgIpc) is 2.62. The van der Waals surface area contributed by atoms with Crippen molar-refractivity contribution in [2.45, 2.75) is 26.4 Å². The Kier molecular flexibility index (Phi) is 4.80. The van der Waals surface area contributed by atoms with Crippen LogP contribution in [-0.2, 0) is 11.2 Å². The molecular weight excluding hydrogens is 298 g/mol. The zero-order valence-corrected chi connectivity index (χ0v) is 14.0. The number of nitrogens with one attached hydrogen (secondary N) is 1. The van der Waals surface area contributed by atoms with Gasteiger partial charge in [0.1, 0.15) is 5.75 Å². The molecule has 0 heterocycles. The standard InChI is InChI=1S/C21H21NO2/c1-3-16-8-12-20(13-9-16)24-15(2)21(23)22-19-11-10-17-6-4-5-7-18(17)14-19/h4-15H,3H2,1-2H3,(H,22,23). The molecule has 1 N–H and O–H groups in total. The number of amides is 1. The van der Waals surface area contributed by atoms with Gasteiger partial charge in [0.25, 0.3) is 5.91 Å². The summed E-state index contributed by atoms with van der Waals surface area (Å²) in [6.07, 6.45) is 0.419. The van der Waals surface area contributed by atoms with Gasteiger partial charge in [-0.15, -0.1) is 0 Å². The van der Waals surface area contributed by atoms with Gasteiger partial charge in [0.15, 0.2) is 6.10 Å². The van der Waals surface area contributed by atoms with Crippen LogP contribution in [0.1, 0.15) is 19.4 Å². The first-order chi connectivity index (χ1) is 11.7.